The van der Waals surface area contributed by atoms with Crippen LogP contribution in [0.3, 0.4) is 0 Å². The van der Waals surface area contributed by atoms with Crippen LogP contribution in [0.5, 0.6) is 0 Å². The van der Waals surface area contributed by atoms with Crippen LogP contribution in [-0.2, 0) is 0 Å². The number of nitrogens with one attached hydrogen (secondary N) is 1. The highest BCUT2D eigenvalue weighted by molar-refractivity contribution is 4.96. The van der Waals surface area contributed by atoms with Crippen molar-refractivity contribution >= 4 is 0 Å². The number of piperazine rings is 1. The molecule has 1 saturated heterocycles. The second kappa shape index (κ2) is 6.53. The van der Waals surface area contributed by atoms with E-state index in [1.807, 2.05) is 0 Å². The van der Waals surface area contributed by atoms with Crippen LogP contribution >= 0.6 is 0 Å². The molecular weight excluding hydrogens is 239 g/mol. The molecule has 110 valence electrons. The highest BCUT2D eigenvalue weighted by atomic mass is 19.1. The van der Waals surface area contributed by atoms with E-state index in [2.05, 4.69) is 10.2 Å². The molecule has 0 aromatic heterocycles. The minimum Gasteiger partial charge on any atom is -0.311 e. The molecule has 0 aromatic carbocycles. The van der Waals surface area contributed by atoms with E-state index >= 15 is 0 Å². The third-order valence-electron chi connectivity index (χ3n) is 5.45. The molecule has 2 unspecified atom stereocenters. The molecule has 0 amide bonds. The molecule has 1 heterocycles. The van der Waals surface area contributed by atoms with Crippen molar-refractivity contribution in [3.05, 3.63) is 0 Å². The van der Waals surface area contributed by atoms with Gasteiger partial charge in [-0.2, -0.15) is 0 Å². The first-order valence-electron chi connectivity index (χ1n) is 8.42. The maximum absolute atomic E-state index is 12.5. The molecule has 2 atom stereocenters. The summed E-state index contributed by atoms with van der Waals surface area (Å²) in [5, 5.41) is 3.80. The number of rotatable bonds is 5. The van der Waals surface area contributed by atoms with Gasteiger partial charge >= 0.3 is 0 Å². The second-order valence-corrected chi connectivity index (χ2v) is 6.86. The average molecular weight is 268 g/mol. The van der Waals surface area contributed by atoms with Gasteiger partial charge in [-0.3, -0.25) is 9.29 Å². The second-order valence-electron chi connectivity index (χ2n) is 6.86. The number of nitrogens with zero attached hydrogens (tertiary/aromatic N) is 1. The normalized spacial score (nSPS) is 34.6. The lowest BCUT2D eigenvalue weighted by molar-refractivity contribution is 0.0645. The van der Waals surface area contributed by atoms with Crippen molar-refractivity contribution in [3.63, 3.8) is 0 Å². The average Bonchev–Trinajstić information content (AvgIpc) is 3.30. The van der Waals surface area contributed by atoms with Gasteiger partial charge in [0.25, 0.3) is 0 Å². The van der Waals surface area contributed by atoms with Crippen molar-refractivity contribution in [2.24, 2.45) is 11.8 Å². The zero-order chi connectivity index (χ0) is 13.1. The van der Waals surface area contributed by atoms with E-state index in [1.165, 1.54) is 51.5 Å². The van der Waals surface area contributed by atoms with Gasteiger partial charge in [0, 0.05) is 31.7 Å². The molecule has 3 heteroatoms. The van der Waals surface area contributed by atoms with Crippen molar-refractivity contribution in [1.82, 2.24) is 10.2 Å². The summed E-state index contributed by atoms with van der Waals surface area (Å²) in [7, 11) is 0. The molecule has 0 bridgehead atoms. The third-order valence-corrected chi connectivity index (χ3v) is 5.45. The molecule has 2 aliphatic carbocycles. The Labute approximate surface area is 117 Å². The van der Waals surface area contributed by atoms with Crippen LogP contribution < -0.4 is 5.32 Å². The van der Waals surface area contributed by atoms with Gasteiger partial charge in [-0.1, -0.05) is 19.3 Å². The fraction of sp³-hybridized carbons (Fsp3) is 1.00. The van der Waals surface area contributed by atoms with Gasteiger partial charge in [-0.15, -0.1) is 0 Å². The Morgan fingerprint density at radius 3 is 2.47 bits per heavy atom. The van der Waals surface area contributed by atoms with E-state index < -0.39 is 0 Å². The van der Waals surface area contributed by atoms with E-state index in [0.29, 0.717) is 12.1 Å². The minimum atomic E-state index is -0.157. The molecule has 2 nitrogen and oxygen atoms in total. The lowest BCUT2D eigenvalue weighted by Gasteiger charge is -2.45. The first-order valence-corrected chi connectivity index (χ1v) is 8.42. The summed E-state index contributed by atoms with van der Waals surface area (Å²) in [6.07, 6.45) is 10.6. The lowest BCUT2D eigenvalue weighted by Crippen LogP contribution is -2.59. The van der Waals surface area contributed by atoms with E-state index in [9.17, 15) is 4.39 Å². The zero-order valence-corrected chi connectivity index (χ0v) is 12.1. The van der Waals surface area contributed by atoms with Crippen molar-refractivity contribution in [3.8, 4) is 0 Å². The maximum atomic E-state index is 12.5. The Balaban J connectivity index is 1.59. The number of hydrogen-bond donors (Lipinski definition) is 1. The standard InChI is InChI=1S/C16H29FN2/c17-9-4-10-19-12-15(13-7-8-13)18-11-16(19)14-5-2-1-3-6-14/h13-16,18H,1-12H2. The summed E-state index contributed by atoms with van der Waals surface area (Å²) in [4.78, 5) is 2.63. The maximum Gasteiger partial charge on any atom is 0.0906 e. The predicted molar refractivity (Wildman–Crippen MR) is 77.0 cm³/mol. The zero-order valence-electron chi connectivity index (χ0n) is 12.1. The van der Waals surface area contributed by atoms with Crippen LogP contribution in [0.1, 0.15) is 51.4 Å². The third kappa shape index (κ3) is 3.49. The largest absolute Gasteiger partial charge is 0.311 e. The molecule has 19 heavy (non-hydrogen) atoms. The van der Waals surface area contributed by atoms with Crippen LogP contribution in [0.4, 0.5) is 4.39 Å². The Morgan fingerprint density at radius 2 is 1.79 bits per heavy atom. The number of hydrogen-bond acceptors (Lipinski definition) is 2. The smallest absolute Gasteiger partial charge is 0.0906 e. The lowest BCUT2D eigenvalue weighted by atomic mass is 9.82. The highest BCUT2D eigenvalue weighted by Gasteiger charge is 2.39. The molecule has 0 spiro atoms. The Morgan fingerprint density at radius 1 is 1.00 bits per heavy atom. The monoisotopic (exact) mass is 268 g/mol. The van der Waals surface area contributed by atoms with Gasteiger partial charge in [0.05, 0.1) is 6.67 Å². The summed E-state index contributed by atoms with van der Waals surface area (Å²) < 4.78 is 12.5. The fourth-order valence-corrected chi connectivity index (χ4v) is 4.17. The molecule has 1 N–H and O–H groups in total. The first-order chi connectivity index (χ1) is 9.38. The van der Waals surface area contributed by atoms with Gasteiger partial charge in [-0.05, 0) is 43.9 Å². The van der Waals surface area contributed by atoms with Crippen LogP contribution in [-0.4, -0.2) is 43.3 Å². The predicted octanol–water partition coefficient (Wildman–Crippen LogP) is 2.98. The van der Waals surface area contributed by atoms with Crippen molar-refractivity contribution in [2.75, 3.05) is 26.3 Å². The van der Waals surface area contributed by atoms with Gasteiger partial charge < -0.3 is 5.32 Å². The summed E-state index contributed by atoms with van der Waals surface area (Å²) in [5.74, 6) is 1.78. The van der Waals surface area contributed by atoms with Gasteiger partial charge in [0.15, 0.2) is 0 Å². The Kier molecular flexibility index (Phi) is 4.75. The van der Waals surface area contributed by atoms with Crippen LogP contribution in [0, 0.1) is 11.8 Å². The Bertz CT molecular complexity index is 274. The summed E-state index contributed by atoms with van der Waals surface area (Å²) in [6.45, 7) is 3.14. The van der Waals surface area contributed by atoms with E-state index in [1.54, 1.807) is 0 Å². The van der Waals surface area contributed by atoms with E-state index in [4.69, 9.17) is 0 Å². The summed E-state index contributed by atoms with van der Waals surface area (Å²) >= 11 is 0. The molecule has 3 aliphatic rings. The van der Waals surface area contributed by atoms with Gasteiger partial charge in [-0.25, -0.2) is 0 Å². The van der Waals surface area contributed by atoms with Crippen molar-refractivity contribution < 1.29 is 4.39 Å². The summed E-state index contributed by atoms with van der Waals surface area (Å²) in [6, 6.07) is 1.38. The van der Waals surface area contributed by atoms with Crippen molar-refractivity contribution in [1.29, 1.82) is 0 Å². The summed E-state index contributed by atoms with van der Waals surface area (Å²) in [5.41, 5.74) is 0. The fourth-order valence-electron chi connectivity index (χ4n) is 4.17. The Hall–Kier alpha value is -0.150. The van der Waals surface area contributed by atoms with Gasteiger partial charge in [0.2, 0.25) is 0 Å². The molecule has 1 aliphatic heterocycles. The number of alkyl halides is 1. The molecule has 3 fully saturated rings. The molecule has 2 saturated carbocycles. The van der Waals surface area contributed by atoms with Crippen LogP contribution in [0.2, 0.25) is 0 Å². The van der Waals surface area contributed by atoms with E-state index in [0.717, 1.165) is 31.3 Å². The molecule has 0 radical (unpaired) electrons. The van der Waals surface area contributed by atoms with Crippen LogP contribution in [0.25, 0.3) is 0 Å². The first kappa shape index (κ1) is 13.8. The molecule has 0 aromatic rings. The molecule has 3 rings (SSSR count). The van der Waals surface area contributed by atoms with Crippen molar-refractivity contribution in [2.45, 2.75) is 63.5 Å². The minimum absolute atomic E-state index is 0.157. The highest BCUT2D eigenvalue weighted by Crippen LogP contribution is 2.36. The SMILES string of the molecule is FCCCN1CC(C2CC2)NCC1C1CCCCC1. The van der Waals surface area contributed by atoms with E-state index in [-0.39, 0.29) is 6.67 Å². The molecular formula is C16H29FN2. The quantitative estimate of drug-likeness (QED) is 0.824. The number of halogens is 1. The van der Waals surface area contributed by atoms with Crippen LogP contribution in [0.15, 0.2) is 0 Å². The van der Waals surface area contributed by atoms with Gasteiger partial charge in [0.1, 0.15) is 0 Å². The topological polar surface area (TPSA) is 15.3 Å².